The van der Waals surface area contributed by atoms with E-state index in [4.69, 9.17) is 24.6 Å². The summed E-state index contributed by atoms with van der Waals surface area (Å²) in [5.41, 5.74) is 0.216. The van der Waals surface area contributed by atoms with Crippen LogP contribution in [0.4, 0.5) is 0 Å². The van der Waals surface area contributed by atoms with Gasteiger partial charge in [-0.15, -0.1) is 0 Å². The molecule has 1 heterocycles. The van der Waals surface area contributed by atoms with Crippen LogP contribution in [-0.2, 0) is 4.79 Å². The van der Waals surface area contributed by atoms with Gasteiger partial charge in [-0.3, -0.25) is 4.79 Å². The molecule has 1 aliphatic carbocycles. The molecule has 1 aliphatic heterocycles. The van der Waals surface area contributed by atoms with Crippen molar-refractivity contribution in [3.8, 4) is 11.5 Å². The van der Waals surface area contributed by atoms with E-state index in [-0.39, 0.29) is 17.7 Å². The Balaban J connectivity index is 2.12. The van der Waals surface area contributed by atoms with Crippen LogP contribution >= 0.6 is 0 Å². The average molecular weight is 286 g/mol. The maximum absolute atomic E-state index is 11.7. The SMILES string of the molecule is [2H]C1([2H])NC(=O)CC1c1ccc(OC)c(OC2([2H])C([2H])([2H])C([2H])([2H])C([2H])([2H])C2([2H])[2H])c1. The van der Waals surface area contributed by atoms with Crippen LogP contribution in [0, 0.1) is 0 Å². The largest absolute Gasteiger partial charge is 0.493 e. The fraction of sp³-hybridized carbons (Fsp3) is 0.562. The number of hydrogen-bond acceptors (Lipinski definition) is 3. The summed E-state index contributed by atoms with van der Waals surface area (Å²) in [6, 6.07) is 3.89. The molecule has 20 heavy (non-hydrogen) atoms. The lowest BCUT2D eigenvalue weighted by Crippen LogP contribution is -2.14. The minimum absolute atomic E-state index is 0.0900. The van der Waals surface area contributed by atoms with E-state index in [2.05, 4.69) is 5.32 Å². The fourth-order valence-corrected chi connectivity index (χ4v) is 2.01. The number of amides is 1. The molecule has 0 bridgehead atoms. The van der Waals surface area contributed by atoms with Crippen molar-refractivity contribution in [1.82, 2.24) is 5.32 Å². The second-order valence-electron chi connectivity index (χ2n) is 4.29. The Hall–Kier alpha value is -1.71. The van der Waals surface area contributed by atoms with Crippen LogP contribution in [0.5, 0.6) is 11.5 Å². The first-order chi connectivity index (χ1) is 13.9. The fourth-order valence-electron chi connectivity index (χ4n) is 2.01. The van der Waals surface area contributed by atoms with Gasteiger partial charge in [0.15, 0.2) is 11.5 Å². The van der Waals surface area contributed by atoms with Crippen molar-refractivity contribution in [1.29, 1.82) is 0 Å². The molecule has 0 spiro atoms. The van der Waals surface area contributed by atoms with E-state index in [1.807, 2.05) is 0 Å². The van der Waals surface area contributed by atoms with Gasteiger partial charge in [-0.25, -0.2) is 0 Å². The average Bonchev–Trinajstić information content (AvgIpc) is 2.94. The third kappa shape index (κ3) is 2.74. The van der Waals surface area contributed by atoms with E-state index in [1.165, 1.54) is 19.2 Å². The molecule has 2 fully saturated rings. The summed E-state index contributed by atoms with van der Waals surface area (Å²) < 4.78 is 98.7. The van der Waals surface area contributed by atoms with Crippen molar-refractivity contribution >= 4 is 5.91 Å². The summed E-state index contributed by atoms with van der Waals surface area (Å²) in [5.74, 6) is -2.00. The van der Waals surface area contributed by atoms with Gasteiger partial charge in [0.05, 0.1) is 14.6 Å². The van der Waals surface area contributed by atoms with E-state index in [0.29, 0.717) is 0 Å². The first kappa shape index (κ1) is 5.58. The van der Waals surface area contributed by atoms with Gasteiger partial charge in [-0.1, -0.05) is 6.07 Å². The van der Waals surface area contributed by atoms with Crippen LogP contribution in [0.15, 0.2) is 18.2 Å². The van der Waals surface area contributed by atoms with E-state index >= 15 is 0 Å². The van der Waals surface area contributed by atoms with Gasteiger partial charge >= 0.3 is 0 Å². The van der Waals surface area contributed by atoms with Gasteiger partial charge in [0.2, 0.25) is 5.91 Å². The van der Waals surface area contributed by atoms with Crippen molar-refractivity contribution in [3.63, 3.8) is 0 Å². The Bertz CT molecular complexity index is 892. The van der Waals surface area contributed by atoms with Gasteiger partial charge in [0.25, 0.3) is 0 Å². The summed E-state index contributed by atoms with van der Waals surface area (Å²) in [5, 5.41) is 2.18. The number of nitrogens with one attached hydrogen (secondary N) is 1. The number of hydrogen-bond donors (Lipinski definition) is 1. The van der Waals surface area contributed by atoms with E-state index in [9.17, 15) is 4.79 Å². The van der Waals surface area contributed by atoms with Crippen molar-refractivity contribution in [3.05, 3.63) is 23.8 Å². The lowest BCUT2D eigenvalue weighted by Gasteiger charge is -2.18. The zero-order valence-electron chi connectivity index (χ0n) is 21.7. The zero-order valence-corrected chi connectivity index (χ0v) is 10.7. The topological polar surface area (TPSA) is 47.6 Å². The minimum Gasteiger partial charge on any atom is -0.493 e. The Labute approximate surface area is 134 Å². The number of carbonyl (C=O) groups is 1. The molecule has 2 aliphatic rings. The Morgan fingerprint density at radius 2 is 2.15 bits per heavy atom. The zero-order chi connectivity index (χ0) is 23.8. The van der Waals surface area contributed by atoms with Gasteiger partial charge < -0.3 is 14.8 Å². The number of carbonyl (C=O) groups excluding carboxylic acids is 1. The minimum atomic E-state index is -3.44. The molecule has 1 atom stereocenters. The maximum Gasteiger partial charge on any atom is 0.220 e. The summed E-state index contributed by atoms with van der Waals surface area (Å²) in [4.78, 5) is 11.7. The normalized spacial score (nSPS) is 45.1. The lowest BCUT2D eigenvalue weighted by atomic mass is 9.98. The number of rotatable bonds is 4. The number of methoxy groups -OCH3 is 1. The van der Waals surface area contributed by atoms with E-state index < -0.39 is 55.6 Å². The van der Waals surface area contributed by atoms with Crippen LogP contribution in [-0.4, -0.2) is 25.6 Å². The van der Waals surface area contributed by atoms with Gasteiger partial charge in [-0.05, 0) is 43.2 Å². The predicted molar refractivity (Wildman–Crippen MR) is 76.2 cm³/mol. The molecular weight excluding hydrogens is 254 g/mol. The number of benzene rings is 1. The Morgan fingerprint density at radius 3 is 2.80 bits per heavy atom. The van der Waals surface area contributed by atoms with Crippen LogP contribution in [0.25, 0.3) is 0 Å². The van der Waals surface area contributed by atoms with E-state index in [0.717, 1.165) is 6.07 Å². The van der Waals surface area contributed by atoms with Gasteiger partial charge in [-0.2, -0.15) is 0 Å². The molecule has 1 amide bonds. The third-order valence-corrected chi connectivity index (χ3v) is 2.99. The first-order valence-corrected chi connectivity index (χ1v) is 6.05. The van der Waals surface area contributed by atoms with Crippen molar-refractivity contribution < 1.29 is 29.3 Å². The first-order valence-electron chi connectivity index (χ1n) is 11.6. The molecule has 1 saturated heterocycles. The molecule has 4 nitrogen and oxygen atoms in total. The standard InChI is InChI=1S/C16H21NO3/c1-19-14-7-6-11(12-9-16(18)17-10-12)8-15(14)20-13-4-2-3-5-13/h6-8,12-13H,2-5,9-10H2,1H3,(H,17,18)/i2D2,3D2,4D2,5D2,10D2,13D. The molecule has 0 aromatic heterocycles. The van der Waals surface area contributed by atoms with Crippen LogP contribution in [0.2, 0.25) is 0 Å². The van der Waals surface area contributed by atoms with Crippen LogP contribution in [0.1, 0.15) is 58.5 Å². The summed E-state index contributed by atoms with van der Waals surface area (Å²) in [7, 11) is 1.22. The summed E-state index contributed by atoms with van der Waals surface area (Å²) >= 11 is 0. The highest BCUT2D eigenvalue weighted by Crippen LogP contribution is 2.35. The maximum atomic E-state index is 11.7. The Morgan fingerprint density at radius 1 is 1.35 bits per heavy atom. The van der Waals surface area contributed by atoms with Crippen LogP contribution in [0.3, 0.4) is 0 Å². The highest BCUT2D eigenvalue weighted by atomic mass is 16.5. The van der Waals surface area contributed by atoms with Gasteiger partial charge in [0.1, 0.15) is 0 Å². The molecule has 3 rings (SSSR count). The second kappa shape index (κ2) is 5.73. The molecule has 0 radical (unpaired) electrons. The second-order valence-corrected chi connectivity index (χ2v) is 4.29. The molecule has 1 aromatic rings. The van der Waals surface area contributed by atoms with Crippen molar-refractivity contribution in [2.45, 2.75) is 43.9 Å². The highest BCUT2D eigenvalue weighted by Gasteiger charge is 2.25. The summed E-state index contributed by atoms with van der Waals surface area (Å²) in [6.45, 7) is -2.10. The van der Waals surface area contributed by atoms with E-state index in [1.54, 1.807) is 0 Å². The highest BCUT2D eigenvalue weighted by molar-refractivity contribution is 5.79. The molecule has 1 N–H and O–H groups in total. The van der Waals surface area contributed by atoms with Gasteiger partial charge in [0, 0.05) is 32.5 Å². The monoisotopic (exact) mass is 286 g/mol. The quantitative estimate of drug-likeness (QED) is 0.925. The number of ether oxygens (including phenoxy) is 2. The molecular formula is C16H21NO3. The van der Waals surface area contributed by atoms with Crippen LogP contribution < -0.4 is 14.8 Å². The van der Waals surface area contributed by atoms with Crippen molar-refractivity contribution in [2.24, 2.45) is 0 Å². The summed E-state index contributed by atoms with van der Waals surface area (Å²) in [6.07, 6.45) is -17.3. The predicted octanol–water partition coefficient (Wildman–Crippen LogP) is 2.62. The molecule has 1 saturated carbocycles. The smallest absolute Gasteiger partial charge is 0.220 e. The molecule has 4 heteroatoms. The molecule has 1 unspecified atom stereocenters. The molecule has 108 valence electrons. The Kier molecular flexibility index (Phi) is 1.60. The third-order valence-electron chi connectivity index (χ3n) is 2.99. The van der Waals surface area contributed by atoms with Crippen molar-refractivity contribution in [2.75, 3.05) is 13.6 Å². The lowest BCUT2D eigenvalue weighted by molar-refractivity contribution is -0.119. The molecule has 1 aromatic carbocycles.